The van der Waals surface area contributed by atoms with E-state index in [4.69, 9.17) is 28.3 Å². The molecule has 0 saturated heterocycles. The monoisotopic (exact) mass is 422 g/mol. The second-order valence-electron chi connectivity index (χ2n) is 7.28. The van der Waals surface area contributed by atoms with Crippen molar-refractivity contribution in [1.29, 1.82) is 0 Å². The van der Waals surface area contributed by atoms with Crippen molar-refractivity contribution in [2.45, 2.75) is 25.7 Å². The van der Waals surface area contributed by atoms with Gasteiger partial charge in [-0.05, 0) is 54.7 Å². The Morgan fingerprint density at radius 2 is 1.79 bits per heavy atom. The van der Waals surface area contributed by atoms with E-state index in [-0.39, 0.29) is 11.7 Å². The highest BCUT2D eigenvalue weighted by Crippen LogP contribution is 2.35. The number of ketones is 1. The highest BCUT2D eigenvalue weighted by Gasteiger charge is 2.31. The van der Waals surface area contributed by atoms with Gasteiger partial charge in [0.25, 0.3) is 0 Å². The van der Waals surface area contributed by atoms with Crippen molar-refractivity contribution in [3.8, 4) is 11.1 Å². The average molecular weight is 423 g/mol. The third kappa shape index (κ3) is 3.11. The largest absolute Gasteiger partial charge is 0.292 e. The Morgan fingerprint density at radius 1 is 1.00 bits per heavy atom. The van der Waals surface area contributed by atoms with E-state index in [0.29, 0.717) is 34.2 Å². The van der Waals surface area contributed by atoms with Crippen molar-refractivity contribution in [3.05, 3.63) is 81.2 Å². The lowest BCUT2D eigenvalue weighted by atomic mass is 9.83. The summed E-state index contributed by atoms with van der Waals surface area (Å²) >= 11 is 12.2. The van der Waals surface area contributed by atoms with Crippen molar-refractivity contribution >= 4 is 34.6 Å². The molecule has 0 spiro atoms. The van der Waals surface area contributed by atoms with E-state index >= 15 is 0 Å². The van der Waals surface area contributed by atoms with Crippen LogP contribution in [0.1, 0.15) is 39.8 Å². The van der Waals surface area contributed by atoms with Gasteiger partial charge in [-0.3, -0.25) is 4.79 Å². The predicted octanol–water partition coefficient (Wildman–Crippen LogP) is 5.32. The molecule has 5 nitrogen and oxygen atoms in total. The predicted molar refractivity (Wildman–Crippen MR) is 113 cm³/mol. The fraction of sp³-hybridized carbons (Fsp3) is 0.182. The van der Waals surface area contributed by atoms with Crippen LogP contribution in [0, 0.1) is 6.92 Å². The van der Waals surface area contributed by atoms with Crippen LogP contribution in [0.25, 0.3) is 16.8 Å². The van der Waals surface area contributed by atoms with E-state index in [0.717, 1.165) is 28.1 Å². The van der Waals surface area contributed by atoms with Gasteiger partial charge < -0.3 is 0 Å². The second-order valence-corrected chi connectivity index (χ2v) is 8.15. The lowest BCUT2D eigenvalue weighted by Crippen LogP contribution is -2.24. The number of Topliss-reactive ketones (excluding diaryl/α,β-unsaturated/α-hetero) is 1. The number of benzene rings is 2. The number of halogens is 2. The molecule has 29 heavy (non-hydrogen) atoms. The first-order valence-corrected chi connectivity index (χ1v) is 10.1. The third-order valence-corrected chi connectivity index (χ3v) is 5.89. The second kappa shape index (κ2) is 6.94. The summed E-state index contributed by atoms with van der Waals surface area (Å²) < 4.78 is 1.77. The normalized spacial score (nSPS) is 16.2. The van der Waals surface area contributed by atoms with Crippen LogP contribution in [-0.4, -0.2) is 25.6 Å². The highest BCUT2D eigenvalue weighted by atomic mass is 35.5. The number of hydrogen-bond acceptors (Lipinski definition) is 4. The number of aryl methyl sites for hydroxylation is 1. The van der Waals surface area contributed by atoms with Crippen molar-refractivity contribution in [2.75, 3.05) is 0 Å². The molecule has 0 fully saturated rings. The lowest BCUT2D eigenvalue weighted by Gasteiger charge is -2.23. The van der Waals surface area contributed by atoms with Crippen molar-refractivity contribution in [3.63, 3.8) is 0 Å². The quantitative estimate of drug-likeness (QED) is 0.438. The number of carbonyl (C=O) groups excluding carboxylic acids is 1. The maximum atomic E-state index is 12.8. The fourth-order valence-electron chi connectivity index (χ4n) is 4.03. The van der Waals surface area contributed by atoms with Gasteiger partial charge in [0.1, 0.15) is 0 Å². The molecule has 0 radical (unpaired) electrons. The van der Waals surface area contributed by atoms with Crippen LogP contribution in [0.3, 0.4) is 0 Å². The first-order chi connectivity index (χ1) is 14.0. The first kappa shape index (κ1) is 18.3. The Balaban J connectivity index is 1.66. The van der Waals surface area contributed by atoms with Gasteiger partial charge in [0.15, 0.2) is 17.1 Å². The summed E-state index contributed by atoms with van der Waals surface area (Å²) in [6, 6.07) is 15.2. The molecular formula is C22H16Cl2N4O. The van der Waals surface area contributed by atoms with Crippen LogP contribution in [0.15, 0.2) is 48.5 Å². The Bertz CT molecular complexity index is 1260. The SMILES string of the molecule is Cc1nn2c3c(nnc2c1-c1ccc(Cl)cc1)C(=O)C[C@H](c1cccc(Cl)c1)C3. The van der Waals surface area contributed by atoms with Gasteiger partial charge in [-0.25, -0.2) is 4.52 Å². The van der Waals surface area contributed by atoms with Crippen LogP contribution in [0.5, 0.6) is 0 Å². The summed E-state index contributed by atoms with van der Waals surface area (Å²) in [6.07, 6.45) is 1.03. The molecule has 1 atom stereocenters. The standard InChI is InChI=1S/C22H16Cl2N4O/c1-12-20(13-5-7-16(23)8-6-13)22-26-25-21-18(28(22)27-12)10-15(11-19(21)29)14-3-2-4-17(24)9-14/h2-9,15H,10-11H2,1H3/t15-/m1/s1. The number of hydrogen-bond donors (Lipinski definition) is 0. The maximum Gasteiger partial charge on any atom is 0.185 e. The van der Waals surface area contributed by atoms with Crippen molar-refractivity contribution in [2.24, 2.45) is 0 Å². The van der Waals surface area contributed by atoms with Gasteiger partial charge in [0, 0.05) is 16.5 Å². The van der Waals surface area contributed by atoms with Gasteiger partial charge in [0.2, 0.25) is 0 Å². The Morgan fingerprint density at radius 3 is 2.55 bits per heavy atom. The zero-order valence-corrected chi connectivity index (χ0v) is 17.1. The van der Waals surface area contributed by atoms with Gasteiger partial charge in [0.05, 0.1) is 17.0 Å². The van der Waals surface area contributed by atoms with Gasteiger partial charge in [-0.1, -0.05) is 47.5 Å². The lowest BCUT2D eigenvalue weighted by molar-refractivity contribution is 0.0955. The smallest absolute Gasteiger partial charge is 0.185 e. The number of fused-ring (bicyclic) bond motifs is 3. The van der Waals surface area contributed by atoms with Gasteiger partial charge >= 0.3 is 0 Å². The topological polar surface area (TPSA) is 60.1 Å². The van der Waals surface area contributed by atoms with E-state index in [1.54, 1.807) is 4.52 Å². The van der Waals surface area contributed by atoms with Gasteiger partial charge in [-0.2, -0.15) is 5.10 Å². The van der Waals surface area contributed by atoms with Crippen LogP contribution in [0.4, 0.5) is 0 Å². The number of aromatic nitrogens is 4. The minimum Gasteiger partial charge on any atom is -0.292 e. The van der Waals surface area contributed by atoms with Crippen LogP contribution in [0.2, 0.25) is 10.0 Å². The molecule has 0 bridgehead atoms. The molecule has 0 N–H and O–H groups in total. The maximum absolute atomic E-state index is 12.8. The molecule has 2 heterocycles. The van der Waals surface area contributed by atoms with E-state index in [2.05, 4.69) is 10.2 Å². The minimum atomic E-state index is -0.0215. The fourth-order valence-corrected chi connectivity index (χ4v) is 4.35. The Labute approximate surface area is 177 Å². The van der Waals surface area contributed by atoms with E-state index in [1.807, 2.05) is 55.5 Å². The molecule has 2 aromatic heterocycles. The van der Waals surface area contributed by atoms with Crippen LogP contribution < -0.4 is 0 Å². The molecule has 2 aromatic carbocycles. The summed E-state index contributed by atoms with van der Waals surface area (Å²) in [6.45, 7) is 1.93. The number of carbonyl (C=O) groups is 1. The van der Waals surface area contributed by atoms with E-state index in [9.17, 15) is 4.79 Å². The number of nitrogens with zero attached hydrogens (tertiary/aromatic N) is 4. The summed E-state index contributed by atoms with van der Waals surface area (Å²) in [4.78, 5) is 12.8. The van der Waals surface area contributed by atoms with Crippen LogP contribution >= 0.6 is 23.2 Å². The molecular weight excluding hydrogens is 407 g/mol. The van der Waals surface area contributed by atoms with Crippen molar-refractivity contribution < 1.29 is 4.79 Å². The summed E-state index contributed by atoms with van der Waals surface area (Å²) in [5, 5.41) is 14.7. The molecule has 1 aliphatic rings. The summed E-state index contributed by atoms with van der Waals surface area (Å²) in [5.74, 6) is 0.0106. The molecule has 4 aromatic rings. The first-order valence-electron chi connectivity index (χ1n) is 9.31. The Hall–Kier alpha value is -2.76. The molecule has 0 saturated carbocycles. The van der Waals surface area contributed by atoms with Gasteiger partial charge in [-0.15, -0.1) is 10.2 Å². The highest BCUT2D eigenvalue weighted by molar-refractivity contribution is 6.30. The van der Waals surface area contributed by atoms with Crippen molar-refractivity contribution in [1.82, 2.24) is 19.8 Å². The zero-order chi connectivity index (χ0) is 20.1. The summed E-state index contributed by atoms with van der Waals surface area (Å²) in [5.41, 5.74) is 5.57. The summed E-state index contributed by atoms with van der Waals surface area (Å²) in [7, 11) is 0. The van der Waals surface area contributed by atoms with Crippen LogP contribution in [-0.2, 0) is 6.42 Å². The molecule has 5 rings (SSSR count). The third-order valence-electron chi connectivity index (χ3n) is 5.40. The molecule has 7 heteroatoms. The number of rotatable bonds is 2. The molecule has 0 unspecified atom stereocenters. The molecule has 0 aliphatic heterocycles. The average Bonchev–Trinajstić information content (AvgIpc) is 3.05. The minimum absolute atomic E-state index is 0.0215. The Kier molecular flexibility index (Phi) is 4.37. The molecule has 1 aliphatic carbocycles. The zero-order valence-electron chi connectivity index (χ0n) is 15.6. The van der Waals surface area contributed by atoms with E-state index in [1.165, 1.54) is 0 Å². The molecule has 144 valence electrons. The van der Waals surface area contributed by atoms with E-state index < -0.39 is 0 Å². The molecule has 0 amide bonds.